The molecule has 3 heterocycles. The maximum absolute atomic E-state index is 12.1. The number of halogens is 1. The summed E-state index contributed by atoms with van der Waals surface area (Å²) in [6.45, 7) is 3.87. The Bertz CT molecular complexity index is 1090. The summed E-state index contributed by atoms with van der Waals surface area (Å²) in [6, 6.07) is 7.06. The molecular formula is C20H22ClN7O3S. The van der Waals surface area contributed by atoms with Crippen LogP contribution in [0.2, 0.25) is 0 Å². The van der Waals surface area contributed by atoms with Crippen LogP contribution in [0.25, 0.3) is 10.7 Å². The molecule has 0 radical (unpaired) electrons. The third-order valence-corrected chi connectivity index (χ3v) is 5.95. The molecule has 0 saturated carbocycles. The van der Waals surface area contributed by atoms with Crippen LogP contribution in [0.3, 0.4) is 0 Å². The molecule has 1 atom stereocenters. The number of hydrogen-bond donors (Lipinski definition) is 1. The molecule has 1 aliphatic rings. The lowest BCUT2D eigenvalue weighted by atomic mass is 10.2. The number of ether oxygens (including phenoxy) is 2. The van der Waals surface area contributed by atoms with Crippen molar-refractivity contribution in [3.8, 4) is 22.5 Å². The van der Waals surface area contributed by atoms with Gasteiger partial charge in [-0.2, -0.15) is 15.0 Å². The van der Waals surface area contributed by atoms with E-state index in [1.165, 1.54) is 16.2 Å². The number of morpholine rings is 1. The molecule has 1 saturated heterocycles. The third kappa shape index (κ3) is 4.90. The summed E-state index contributed by atoms with van der Waals surface area (Å²) in [5, 5.41) is 0.534. The number of hydrogen-bond acceptors (Lipinski definition) is 10. The van der Waals surface area contributed by atoms with Crippen molar-refractivity contribution in [2.45, 2.75) is 13.0 Å². The molecule has 2 aromatic heterocycles. The van der Waals surface area contributed by atoms with Gasteiger partial charge in [-0.1, -0.05) is 11.3 Å². The number of nitrogens with zero attached hydrogens (tertiary/aromatic N) is 6. The molecule has 168 valence electrons. The van der Waals surface area contributed by atoms with Gasteiger partial charge in [-0.25, -0.2) is 4.98 Å². The van der Waals surface area contributed by atoms with Crippen LogP contribution in [0, 0.1) is 0 Å². The lowest BCUT2D eigenvalue weighted by Crippen LogP contribution is -2.44. The number of carbonyl (C=O) groups is 1. The molecule has 32 heavy (non-hydrogen) atoms. The van der Waals surface area contributed by atoms with Crippen LogP contribution in [0.15, 0.2) is 30.5 Å². The highest BCUT2D eigenvalue weighted by molar-refractivity contribution is 7.19. The highest BCUT2D eigenvalue weighted by Crippen LogP contribution is 2.30. The van der Waals surface area contributed by atoms with Gasteiger partial charge >= 0.3 is 6.01 Å². The fourth-order valence-corrected chi connectivity index (χ4v) is 3.91. The van der Waals surface area contributed by atoms with Crippen molar-refractivity contribution >= 4 is 40.1 Å². The van der Waals surface area contributed by atoms with E-state index >= 15 is 0 Å². The van der Waals surface area contributed by atoms with Crippen molar-refractivity contribution in [3.05, 3.63) is 36.0 Å². The summed E-state index contributed by atoms with van der Waals surface area (Å²) >= 11 is 6.98. The minimum atomic E-state index is -0.0866. The Kier molecular flexibility index (Phi) is 6.68. The molecular weight excluding hydrogens is 454 g/mol. The van der Waals surface area contributed by atoms with Crippen molar-refractivity contribution in [1.29, 1.82) is 0 Å². The Morgan fingerprint density at radius 3 is 2.72 bits per heavy atom. The highest BCUT2D eigenvalue weighted by atomic mass is 35.5. The van der Waals surface area contributed by atoms with Crippen molar-refractivity contribution in [1.82, 2.24) is 24.8 Å². The predicted molar refractivity (Wildman–Crippen MR) is 123 cm³/mol. The fraction of sp³-hybridized carbons (Fsp3) is 0.350. The number of benzene rings is 1. The van der Waals surface area contributed by atoms with Gasteiger partial charge in [0, 0.05) is 38.0 Å². The molecule has 4 rings (SSSR count). The molecule has 10 nitrogen and oxygen atoms in total. The predicted octanol–water partition coefficient (Wildman–Crippen LogP) is 3.28. The van der Waals surface area contributed by atoms with Crippen molar-refractivity contribution < 1.29 is 14.3 Å². The van der Waals surface area contributed by atoms with Crippen molar-refractivity contribution in [3.63, 3.8) is 0 Å². The van der Waals surface area contributed by atoms with Crippen LogP contribution in [0.1, 0.15) is 17.3 Å². The van der Waals surface area contributed by atoms with Crippen LogP contribution in [-0.2, 0) is 4.74 Å². The normalized spacial score (nSPS) is 16.0. The first-order chi connectivity index (χ1) is 15.4. The van der Waals surface area contributed by atoms with Gasteiger partial charge in [-0.15, -0.1) is 0 Å². The Hall–Kier alpha value is -3.02. The van der Waals surface area contributed by atoms with E-state index in [1.807, 2.05) is 6.92 Å². The van der Waals surface area contributed by atoms with Crippen molar-refractivity contribution in [2.75, 3.05) is 43.6 Å². The van der Waals surface area contributed by atoms with E-state index in [4.69, 9.17) is 21.3 Å². The first-order valence-electron chi connectivity index (χ1n) is 9.87. The van der Waals surface area contributed by atoms with Gasteiger partial charge in [0.2, 0.25) is 5.95 Å². The summed E-state index contributed by atoms with van der Waals surface area (Å²) in [4.78, 5) is 36.7. The minimum absolute atomic E-state index is 0.0866. The van der Waals surface area contributed by atoms with Gasteiger partial charge in [0.05, 0.1) is 30.3 Å². The summed E-state index contributed by atoms with van der Waals surface area (Å²) in [7, 11) is 3.41. The van der Waals surface area contributed by atoms with Crippen LogP contribution < -0.4 is 14.5 Å². The first-order valence-corrected chi connectivity index (χ1v) is 11.1. The van der Waals surface area contributed by atoms with Gasteiger partial charge in [0.15, 0.2) is 11.0 Å². The highest BCUT2D eigenvalue weighted by Gasteiger charge is 2.24. The number of rotatable bonds is 6. The van der Waals surface area contributed by atoms with E-state index in [0.29, 0.717) is 48.0 Å². The minimum Gasteiger partial charge on any atom is -0.424 e. The average molecular weight is 476 g/mol. The molecule has 1 fully saturated rings. The third-order valence-electron chi connectivity index (χ3n) is 4.75. The van der Waals surface area contributed by atoms with Crippen LogP contribution in [0.5, 0.6) is 11.8 Å². The fourth-order valence-electron chi connectivity index (χ4n) is 3.10. The lowest BCUT2D eigenvalue weighted by Gasteiger charge is -2.33. The molecule has 0 aliphatic carbocycles. The molecule has 3 aromatic rings. The maximum Gasteiger partial charge on any atom is 0.327 e. The largest absolute Gasteiger partial charge is 0.424 e. The summed E-state index contributed by atoms with van der Waals surface area (Å²) in [5.74, 6) is 1.34. The second-order valence-corrected chi connectivity index (χ2v) is 8.53. The summed E-state index contributed by atoms with van der Waals surface area (Å²) in [6.07, 6.45) is 1.64. The van der Waals surface area contributed by atoms with Gasteiger partial charge in [0.25, 0.3) is 5.91 Å². The van der Waals surface area contributed by atoms with Crippen LogP contribution in [-0.4, -0.2) is 70.6 Å². The SMILES string of the molecule is C[C@H]1COCCN1c1nc(Oc2ccc(C(=O)N(C)C)cc2)nc(-c2cnc(NCl)s2)n1. The number of nitrogens with one attached hydrogen (secondary N) is 1. The zero-order chi connectivity index (χ0) is 22.7. The quantitative estimate of drug-likeness (QED) is 0.537. The van der Waals surface area contributed by atoms with E-state index in [9.17, 15) is 4.79 Å². The zero-order valence-electron chi connectivity index (χ0n) is 17.8. The molecule has 0 unspecified atom stereocenters. The second kappa shape index (κ2) is 9.63. The zero-order valence-corrected chi connectivity index (χ0v) is 19.4. The molecule has 0 spiro atoms. The number of amides is 1. The van der Waals surface area contributed by atoms with Gasteiger partial charge in [0.1, 0.15) is 5.75 Å². The molecule has 1 aliphatic heterocycles. The number of carbonyl (C=O) groups excluding carboxylic acids is 1. The Morgan fingerprint density at radius 2 is 2.06 bits per heavy atom. The van der Waals surface area contributed by atoms with E-state index in [-0.39, 0.29) is 18.0 Å². The summed E-state index contributed by atoms with van der Waals surface area (Å²) < 4.78 is 11.5. The summed E-state index contributed by atoms with van der Waals surface area (Å²) in [5.41, 5.74) is 0.562. The van der Waals surface area contributed by atoms with E-state index in [1.54, 1.807) is 44.6 Å². The maximum atomic E-state index is 12.1. The first kappa shape index (κ1) is 22.2. The molecule has 12 heteroatoms. The monoisotopic (exact) mass is 475 g/mol. The number of anilines is 2. The molecule has 1 amide bonds. The number of aromatic nitrogens is 4. The van der Waals surface area contributed by atoms with Gasteiger partial charge in [-0.3, -0.25) is 9.63 Å². The second-order valence-electron chi connectivity index (χ2n) is 7.31. The Labute approximate surface area is 194 Å². The Morgan fingerprint density at radius 1 is 1.28 bits per heavy atom. The molecule has 0 bridgehead atoms. The van der Waals surface area contributed by atoms with Gasteiger partial charge in [-0.05, 0) is 31.2 Å². The smallest absolute Gasteiger partial charge is 0.327 e. The topological polar surface area (TPSA) is 106 Å². The van der Waals surface area contributed by atoms with E-state index in [0.717, 1.165) is 4.88 Å². The van der Waals surface area contributed by atoms with Crippen LogP contribution >= 0.6 is 23.1 Å². The van der Waals surface area contributed by atoms with Crippen LogP contribution in [0.4, 0.5) is 11.1 Å². The number of thiazole rings is 1. The van der Waals surface area contributed by atoms with E-state index < -0.39 is 0 Å². The molecule has 1 N–H and O–H groups in total. The standard InChI is InChI=1S/C20H22ClN7O3S/c1-12-11-30-9-8-28(12)18-23-16(15-10-22-20(26-21)32-15)24-19(25-18)31-14-6-4-13(5-7-14)17(29)27(2)3/h4-7,10,12H,8-9,11H2,1-3H3,(H,22,26)/t12-/m0/s1. The van der Waals surface area contributed by atoms with E-state index in [2.05, 4.69) is 29.7 Å². The Balaban J connectivity index is 1.66. The molecule has 1 aromatic carbocycles. The lowest BCUT2D eigenvalue weighted by molar-refractivity contribution is 0.0827. The average Bonchev–Trinajstić information content (AvgIpc) is 3.29. The van der Waals surface area contributed by atoms with Gasteiger partial charge < -0.3 is 19.3 Å². The van der Waals surface area contributed by atoms with Crippen molar-refractivity contribution in [2.24, 2.45) is 0 Å².